The third-order valence-corrected chi connectivity index (χ3v) is 5.12. The van der Waals surface area contributed by atoms with Gasteiger partial charge in [-0.2, -0.15) is 0 Å². The first-order valence-electron chi connectivity index (χ1n) is 11.3. The molecule has 0 heterocycles. The maximum absolute atomic E-state index is 12.6. The van der Waals surface area contributed by atoms with Crippen LogP contribution in [0, 0.1) is 5.92 Å². The van der Waals surface area contributed by atoms with E-state index in [9.17, 15) is 9.59 Å². The summed E-state index contributed by atoms with van der Waals surface area (Å²) in [5.41, 5.74) is 1.89. The Hall–Kier alpha value is -2.82. The molecule has 2 N–H and O–H groups in total. The quantitative estimate of drug-likeness (QED) is 0.484. The molecule has 0 saturated carbocycles. The van der Waals surface area contributed by atoms with Crippen LogP contribution in [0.15, 0.2) is 54.6 Å². The van der Waals surface area contributed by atoms with Crippen molar-refractivity contribution in [2.45, 2.75) is 58.9 Å². The van der Waals surface area contributed by atoms with E-state index in [2.05, 4.69) is 24.5 Å². The zero-order valence-electron chi connectivity index (χ0n) is 19.0. The lowest BCUT2D eigenvalue weighted by Crippen LogP contribution is -2.38. The molecule has 1 unspecified atom stereocenters. The molecular formula is C26H36N2O3. The molecule has 0 aliphatic rings. The van der Waals surface area contributed by atoms with Gasteiger partial charge in [0.05, 0.1) is 19.1 Å². The smallest absolute Gasteiger partial charge is 0.224 e. The number of carbonyl (C=O) groups is 2. The van der Waals surface area contributed by atoms with Crippen molar-refractivity contribution in [1.82, 2.24) is 10.6 Å². The van der Waals surface area contributed by atoms with Crippen molar-refractivity contribution < 1.29 is 14.3 Å². The van der Waals surface area contributed by atoms with Crippen LogP contribution in [0.2, 0.25) is 0 Å². The fourth-order valence-electron chi connectivity index (χ4n) is 3.42. The molecule has 168 valence electrons. The minimum absolute atomic E-state index is 0.00493. The molecule has 0 aliphatic carbocycles. The van der Waals surface area contributed by atoms with Crippen LogP contribution in [0.3, 0.4) is 0 Å². The SMILES string of the molecule is CCCC(=O)NC[C@H](NC(=O)Cc1ccccc1)c1ccc(OCC(C)CCC)cc1. The van der Waals surface area contributed by atoms with Gasteiger partial charge >= 0.3 is 0 Å². The molecule has 31 heavy (non-hydrogen) atoms. The summed E-state index contributed by atoms with van der Waals surface area (Å²) in [6.45, 7) is 7.38. The number of benzene rings is 2. The van der Waals surface area contributed by atoms with Crippen LogP contribution in [-0.2, 0) is 16.0 Å². The molecule has 2 aromatic carbocycles. The average molecular weight is 425 g/mol. The van der Waals surface area contributed by atoms with Crippen molar-refractivity contribution in [2.75, 3.05) is 13.2 Å². The average Bonchev–Trinajstić information content (AvgIpc) is 2.77. The summed E-state index contributed by atoms with van der Waals surface area (Å²) in [7, 11) is 0. The molecule has 5 heteroatoms. The van der Waals surface area contributed by atoms with Gasteiger partial charge in [0.15, 0.2) is 0 Å². The highest BCUT2D eigenvalue weighted by Gasteiger charge is 2.16. The Morgan fingerprint density at radius 2 is 1.65 bits per heavy atom. The predicted octanol–water partition coefficient (Wildman–Crippen LogP) is 4.82. The summed E-state index contributed by atoms with van der Waals surface area (Å²) in [5, 5.41) is 6.01. The Morgan fingerprint density at radius 3 is 2.29 bits per heavy atom. The van der Waals surface area contributed by atoms with Gasteiger partial charge < -0.3 is 15.4 Å². The van der Waals surface area contributed by atoms with E-state index >= 15 is 0 Å². The Labute approximate surface area is 186 Å². The van der Waals surface area contributed by atoms with Gasteiger partial charge in [0.1, 0.15) is 5.75 Å². The van der Waals surface area contributed by atoms with Crippen molar-refractivity contribution in [3.05, 3.63) is 65.7 Å². The molecule has 0 fully saturated rings. The summed E-state index contributed by atoms with van der Waals surface area (Å²) in [4.78, 5) is 24.6. The van der Waals surface area contributed by atoms with E-state index < -0.39 is 0 Å². The number of hydrogen-bond acceptors (Lipinski definition) is 3. The van der Waals surface area contributed by atoms with Crippen molar-refractivity contribution in [3.63, 3.8) is 0 Å². The number of amides is 2. The number of nitrogens with one attached hydrogen (secondary N) is 2. The largest absolute Gasteiger partial charge is 0.493 e. The highest BCUT2D eigenvalue weighted by molar-refractivity contribution is 5.79. The van der Waals surface area contributed by atoms with Gasteiger partial charge in [0, 0.05) is 13.0 Å². The van der Waals surface area contributed by atoms with Gasteiger partial charge in [-0.1, -0.05) is 69.7 Å². The van der Waals surface area contributed by atoms with E-state index in [4.69, 9.17) is 4.74 Å². The van der Waals surface area contributed by atoms with Crippen LogP contribution in [0.1, 0.15) is 63.6 Å². The number of hydrogen-bond donors (Lipinski definition) is 2. The molecular weight excluding hydrogens is 388 g/mol. The third kappa shape index (κ3) is 9.24. The van der Waals surface area contributed by atoms with Crippen LogP contribution < -0.4 is 15.4 Å². The summed E-state index contributed by atoms with van der Waals surface area (Å²) in [5.74, 6) is 1.25. The molecule has 0 aromatic heterocycles. The first-order valence-corrected chi connectivity index (χ1v) is 11.3. The maximum atomic E-state index is 12.6. The van der Waals surface area contributed by atoms with E-state index in [0.29, 0.717) is 31.9 Å². The summed E-state index contributed by atoms with van der Waals surface area (Å²) >= 11 is 0. The first kappa shape index (κ1) is 24.4. The number of rotatable bonds is 13. The monoisotopic (exact) mass is 424 g/mol. The summed E-state index contributed by atoms with van der Waals surface area (Å²) < 4.78 is 5.89. The summed E-state index contributed by atoms with van der Waals surface area (Å²) in [6.07, 6.45) is 3.87. The second kappa shape index (κ2) is 13.5. The molecule has 2 amide bonds. The van der Waals surface area contributed by atoms with Crippen LogP contribution >= 0.6 is 0 Å². The van der Waals surface area contributed by atoms with Gasteiger partial charge in [-0.15, -0.1) is 0 Å². The fourth-order valence-corrected chi connectivity index (χ4v) is 3.42. The Balaban J connectivity index is 2.02. The zero-order chi connectivity index (χ0) is 22.5. The van der Waals surface area contributed by atoms with Crippen LogP contribution in [0.5, 0.6) is 5.75 Å². The van der Waals surface area contributed by atoms with Gasteiger partial charge in [-0.25, -0.2) is 0 Å². The highest BCUT2D eigenvalue weighted by atomic mass is 16.5. The Bertz CT molecular complexity index is 790. The minimum Gasteiger partial charge on any atom is -0.493 e. The molecule has 2 aromatic rings. The van der Waals surface area contributed by atoms with Crippen molar-refractivity contribution >= 4 is 11.8 Å². The normalized spacial score (nSPS) is 12.6. The lowest BCUT2D eigenvalue weighted by Gasteiger charge is -2.21. The van der Waals surface area contributed by atoms with Crippen LogP contribution in [-0.4, -0.2) is 25.0 Å². The van der Waals surface area contributed by atoms with Gasteiger partial charge in [-0.05, 0) is 42.0 Å². The van der Waals surface area contributed by atoms with Crippen molar-refractivity contribution in [3.8, 4) is 5.75 Å². The van der Waals surface area contributed by atoms with Gasteiger partial charge in [-0.3, -0.25) is 9.59 Å². The van der Waals surface area contributed by atoms with Crippen LogP contribution in [0.4, 0.5) is 0 Å². The van der Waals surface area contributed by atoms with Crippen molar-refractivity contribution in [1.29, 1.82) is 0 Å². The fraction of sp³-hybridized carbons (Fsp3) is 0.462. The first-order chi connectivity index (χ1) is 15.0. The molecule has 0 saturated heterocycles. The number of ether oxygens (including phenoxy) is 1. The lowest BCUT2D eigenvalue weighted by molar-refractivity contribution is -0.123. The summed E-state index contributed by atoms with van der Waals surface area (Å²) in [6, 6.07) is 17.1. The second-order valence-electron chi connectivity index (χ2n) is 8.11. The molecule has 0 spiro atoms. The number of carbonyl (C=O) groups excluding carboxylic acids is 2. The molecule has 0 bridgehead atoms. The molecule has 0 radical (unpaired) electrons. The third-order valence-electron chi connectivity index (χ3n) is 5.12. The predicted molar refractivity (Wildman–Crippen MR) is 125 cm³/mol. The molecule has 2 atom stereocenters. The molecule has 5 nitrogen and oxygen atoms in total. The van der Waals surface area contributed by atoms with E-state index in [1.165, 1.54) is 0 Å². The molecule has 0 aliphatic heterocycles. The maximum Gasteiger partial charge on any atom is 0.224 e. The van der Waals surface area contributed by atoms with E-state index in [0.717, 1.165) is 36.1 Å². The zero-order valence-corrected chi connectivity index (χ0v) is 19.0. The highest BCUT2D eigenvalue weighted by Crippen LogP contribution is 2.19. The van der Waals surface area contributed by atoms with E-state index in [1.54, 1.807) is 0 Å². The van der Waals surface area contributed by atoms with Crippen molar-refractivity contribution in [2.24, 2.45) is 5.92 Å². The van der Waals surface area contributed by atoms with E-state index in [-0.39, 0.29) is 17.9 Å². The topological polar surface area (TPSA) is 67.4 Å². The van der Waals surface area contributed by atoms with Gasteiger partial charge in [0.25, 0.3) is 0 Å². The van der Waals surface area contributed by atoms with E-state index in [1.807, 2.05) is 61.5 Å². The standard InChI is InChI=1S/C26H36N2O3/c1-4-9-20(3)19-31-23-15-13-22(14-16-23)24(18-27-25(29)10-5-2)28-26(30)17-21-11-7-6-8-12-21/h6-8,11-16,20,24H,4-5,9-10,17-19H2,1-3H3,(H,27,29)(H,28,30)/t20?,24-/m0/s1. The minimum atomic E-state index is -0.301. The lowest BCUT2D eigenvalue weighted by atomic mass is 10.1. The van der Waals surface area contributed by atoms with Gasteiger partial charge in [0.2, 0.25) is 11.8 Å². The Morgan fingerprint density at radius 1 is 0.935 bits per heavy atom. The van der Waals surface area contributed by atoms with Crippen LogP contribution in [0.25, 0.3) is 0 Å². The second-order valence-corrected chi connectivity index (χ2v) is 8.11. The Kier molecular flexibility index (Phi) is 10.6. The molecule has 2 rings (SSSR count).